The Bertz CT molecular complexity index is 1090. The Morgan fingerprint density at radius 1 is 1.28 bits per heavy atom. The lowest BCUT2D eigenvalue weighted by Crippen LogP contribution is -2.18. The number of fused-ring (bicyclic) bond motifs is 1. The van der Waals surface area contributed by atoms with Gasteiger partial charge in [-0.25, -0.2) is 0 Å². The van der Waals surface area contributed by atoms with Crippen LogP contribution in [0.4, 0.5) is 0 Å². The Labute approximate surface area is 142 Å². The number of hydrogen-bond donors (Lipinski definition) is 2. The first-order chi connectivity index (χ1) is 12.0. The molecule has 3 aromatic heterocycles. The molecule has 1 aromatic carbocycles. The minimum atomic E-state index is -0.210. The number of benzene rings is 1. The topological polar surface area (TPSA) is 102 Å². The summed E-state index contributed by atoms with van der Waals surface area (Å²) < 4.78 is 6.90. The van der Waals surface area contributed by atoms with Crippen LogP contribution >= 0.6 is 0 Å². The number of nitrogens with zero attached hydrogens (tertiary/aromatic N) is 4. The van der Waals surface area contributed by atoms with Gasteiger partial charge in [-0.05, 0) is 31.2 Å². The first-order valence-electron chi connectivity index (χ1n) is 7.75. The van der Waals surface area contributed by atoms with Crippen molar-refractivity contribution < 1.29 is 9.32 Å². The Morgan fingerprint density at radius 2 is 2.12 bits per heavy atom. The molecule has 1 amide bonds. The van der Waals surface area contributed by atoms with E-state index in [1.807, 2.05) is 31.3 Å². The highest BCUT2D eigenvalue weighted by atomic mass is 16.5. The number of aromatic nitrogens is 5. The van der Waals surface area contributed by atoms with Crippen LogP contribution < -0.4 is 5.32 Å². The minimum Gasteiger partial charge on any atom is -0.354 e. The van der Waals surface area contributed by atoms with Crippen molar-refractivity contribution in [2.45, 2.75) is 6.92 Å². The third kappa shape index (κ3) is 2.57. The maximum Gasteiger partial charge on any atom is 0.274 e. The molecule has 4 aromatic rings. The number of carbonyl (C=O) groups excluding carboxylic acids is 1. The number of aryl methyl sites for hydroxylation is 2. The molecular weight excluding hydrogens is 320 g/mol. The number of hydrogen-bond acceptors (Lipinski definition) is 5. The third-order valence-electron chi connectivity index (χ3n) is 4.01. The van der Waals surface area contributed by atoms with Crippen LogP contribution in [0.1, 0.15) is 16.3 Å². The largest absolute Gasteiger partial charge is 0.354 e. The van der Waals surface area contributed by atoms with Crippen LogP contribution in [0.5, 0.6) is 0 Å². The van der Waals surface area contributed by atoms with E-state index in [2.05, 4.69) is 25.5 Å². The maximum atomic E-state index is 11.8. The first kappa shape index (κ1) is 15.1. The Kier molecular flexibility index (Phi) is 3.38. The number of amides is 1. The van der Waals surface area contributed by atoms with Crippen LogP contribution in [-0.4, -0.2) is 37.9 Å². The zero-order valence-corrected chi connectivity index (χ0v) is 14.0. The van der Waals surface area contributed by atoms with Gasteiger partial charge in [0.15, 0.2) is 11.5 Å². The summed E-state index contributed by atoms with van der Waals surface area (Å²) in [6.45, 7) is 1.78. The minimum absolute atomic E-state index is 0.210. The quantitative estimate of drug-likeness (QED) is 0.598. The molecule has 25 heavy (non-hydrogen) atoms. The smallest absolute Gasteiger partial charge is 0.274 e. The number of nitrogens with one attached hydrogen (secondary N) is 2. The van der Waals surface area contributed by atoms with Crippen LogP contribution in [0.15, 0.2) is 34.9 Å². The van der Waals surface area contributed by atoms with Crippen molar-refractivity contribution in [3.8, 4) is 22.8 Å². The molecule has 0 spiro atoms. The molecule has 0 bridgehead atoms. The SMILES string of the molecule is CNC(=O)c1cc(-c2ccc3[nH]c(-c4nc(C)no4)cc3c2)n(C)n1. The molecule has 4 rings (SSSR count). The van der Waals surface area contributed by atoms with E-state index in [9.17, 15) is 4.79 Å². The van der Waals surface area contributed by atoms with Crippen LogP contribution in [0.25, 0.3) is 33.7 Å². The molecule has 2 N–H and O–H groups in total. The fraction of sp³-hybridized carbons (Fsp3) is 0.176. The van der Waals surface area contributed by atoms with Gasteiger partial charge in [-0.3, -0.25) is 9.48 Å². The Morgan fingerprint density at radius 3 is 2.84 bits per heavy atom. The average molecular weight is 336 g/mol. The lowest BCUT2D eigenvalue weighted by Gasteiger charge is -2.01. The molecule has 8 heteroatoms. The molecule has 3 heterocycles. The summed E-state index contributed by atoms with van der Waals surface area (Å²) in [6, 6.07) is 9.72. The van der Waals surface area contributed by atoms with Crippen molar-refractivity contribution in [2.24, 2.45) is 7.05 Å². The van der Waals surface area contributed by atoms with Gasteiger partial charge in [0.05, 0.1) is 5.69 Å². The summed E-state index contributed by atoms with van der Waals surface area (Å²) in [7, 11) is 3.40. The average Bonchev–Trinajstić information content (AvgIpc) is 3.30. The van der Waals surface area contributed by atoms with E-state index in [-0.39, 0.29) is 5.91 Å². The van der Waals surface area contributed by atoms with Crippen LogP contribution in [0.2, 0.25) is 0 Å². The van der Waals surface area contributed by atoms with Gasteiger partial charge in [-0.1, -0.05) is 11.2 Å². The Hall–Kier alpha value is -3.42. The second-order valence-electron chi connectivity index (χ2n) is 5.75. The number of aromatic amines is 1. The van der Waals surface area contributed by atoms with Crippen molar-refractivity contribution in [2.75, 3.05) is 7.05 Å². The summed E-state index contributed by atoms with van der Waals surface area (Å²) in [6.07, 6.45) is 0. The zero-order valence-electron chi connectivity index (χ0n) is 14.0. The van der Waals surface area contributed by atoms with E-state index in [0.717, 1.165) is 27.9 Å². The van der Waals surface area contributed by atoms with Gasteiger partial charge >= 0.3 is 0 Å². The van der Waals surface area contributed by atoms with Crippen molar-refractivity contribution >= 4 is 16.8 Å². The van der Waals surface area contributed by atoms with E-state index in [1.165, 1.54) is 0 Å². The predicted octanol–water partition coefficient (Wildman–Crippen LogP) is 2.29. The summed E-state index contributed by atoms with van der Waals surface area (Å²) in [5.74, 6) is 0.835. The molecule has 0 fully saturated rings. The van der Waals surface area contributed by atoms with Crippen molar-refractivity contribution in [1.82, 2.24) is 30.2 Å². The highest BCUT2D eigenvalue weighted by molar-refractivity contribution is 5.94. The molecule has 0 aliphatic heterocycles. The van der Waals surface area contributed by atoms with Gasteiger partial charge in [-0.15, -0.1) is 0 Å². The zero-order chi connectivity index (χ0) is 17.6. The second kappa shape index (κ2) is 5.59. The van der Waals surface area contributed by atoms with Crippen molar-refractivity contribution in [3.63, 3.8) is 0 Å². The van der Waals surface area contributed by atoms with Gasteiger partial charge in [0.2, 0.25) is 0 Å². The van der Waals surface area contributed by atoms with E-state index in [1.54, 1.807) is 24.7 Å². The van der Waals surface area contributed by atoms with Crippen LogP contribution in [-0.2, 0) is 7.05 Å². The summed E-state index contributed by atoms with van der Waals surface area (Å²) in [4.78, 5) is 19.3. The molecule has 0 radical (unpaired) electrons. The molecule has 0 unspecified atom stereocenters. The van der Waals surface area contributed by atoms with E-state index in [4.69, 9.17) is 4.52 Å². The highest BCUT2D eigenvalue weighted by Gasteiger charge is 2.14. The fourth-order valence-corrected chi connectivity index (χ4v) is 2.79. The van der Waals surface area contributed by atoms with E-state index < -0.39 is 0 Å². The fourth-order valence-electron chi connectivity index (χ4n) is 2.79. The monoisotopic (exact) mass is 336 g/mol. The van der Waals surface area contributed by atoms with Crippen LogP contribution in [0.3, 0.4) is 0 Å². The number of carbonyl (C=O) groups is 1. The molecule has 0 saturated carbocycles. The summed E-state index contributed by atoms with van der Waals surface area (Å²) in [5.41, 5.74) is 3.94. The van der Waals surface area contributed by atoms with Crippen molar-refractivity contribution in [3.05, 3.63) is 41.9 Å². The molecule has 0 atom stereocenters. The predicted molar refractivity (Wildman–Crippen MR) is 91.9 cm³/mol. The lowest BCUT2D eigenvalue weighted by molar-refractivity contribution is 0.0957. The van der Waals surface area contributed by atoms with Crippen LogP contribution in [0, 0.1) is 6.92 Å². The van der Waals surface area contributed by atoms with E-state index >= 15 is 0 Å². The van der Waals surface area contributed by atoms with Gasteiger partial charge < -0.3 is 14.8 Å². The van der Waals surface area contributed by atoms with Gasteiger partial charge in [0.25, 0.3) is 11.8 Å². The number of rotatable bonds is 3. The third-order valence-corrected chi connectivity index (χ3v) is 4.01. The molecular formula is C17H16N6O2. The molecule has 0 saturated heterocycles. The molecule has 8 nitrogen and oxygen atoms in total. The second-order valence-corrected chi connectivity index (χ2v) is 5.75. The van der Waals surface area contributed by atoms with E-state index in [0.29, 0.717) is 17.4 Å². The molecule has 0 aliphatic carbocycles. The highest BCUT2D eigenvalue weighted by Crippen LogP contribution is 2.28. The number of H-pyrrole nitrogens is 1. The Balaban J connectivity index is 1.77. The molecule has 0 aliphatic rings. The summed E-state index contributed by atoms with van der Waals surface area (Å²) in [5, 5.41) is 11.7. The summed E-state index contributed by atoms with van der Waals surface area (Å²) >= 11 is 0. The van der Waals surface area contributed by atoms with Gasteiger partial charge in [0, 0.05) is 30.6 Å². The van der Waals surface area contributed by atoms with Gasteiger partial charge in [0.1, 0.15) is 5.69 Å². The maximum absolute atomic E-state index is 11.8. The lowest BCUT2D eigenvalue weighted by atomic mass is 10.1. The van der Waals surface area contributed by atoms with Gasteiger partial charge in [-0.2, -0.15) is 10.1 Å². The first-order valence-corrected chi connectivity index (χ1v) is 7.75. The molecule has 126 valence electrons. The van der Waals surface area contributed by atoms with Crippen molar-refractivity contribution in [1.29, 1.82) is 0 Å². The standard InChI is InChI=1S/C17H16N6O2/c1-9-19-17(25-22-9)14-7-11-6-10(4-5-12(11)20-14)15-8-13(16(24)18-2)21-23(15)3/h4-8,20H,1-3H3,(H,18,24). The normalized spacial score (nSPS) is 11.2.